The molecule has 0 aliphatic rings. The lowest BCUT2D eigenvalue weighted by molar-refractivity contribution is -0.122. The molecule has 0 amide bonds. The standard InChI is InChI=1S/C11H14F2N2O.CH2O2/c1-6-3-7(5-8(14)11(12)13)10(15)9(4-6)16-2;2-1-3/h3-5,11H,14-15H2,1-2H3;1H,(H,2,3)/b8-5-;. The number of hydrogen-bond acceptors (Lipinski definition) is 4. The Hall–Kier alpha value is -2.31. The highest BCUT2D eigenvalue weighted by Crippen LogP contribution is 2.28. The third kappa shape index (κ3) is 5.24. The van der Waals surface area contributed by atoms with Crippen LogP contribution in [0.25, 0.3) is 6.08 Å². The monoisotopic (exact) mass is 274 g/mol. The van der Waals surface area contributed by atoms with Gasteiger partial charge in [-0.3, -0.25) is 4.79 Å². The van der Waals surface area contributed by atoms with Crippen LogP contribution >= 0.6 is 0 Å². The topological polar surface area (TPSA) is 98.6 Å². The highest BCUT2D eigenvalue weighted by Gasteiger charge is 2.10. The molecule has 0 aliphatic carbocycles. The van der Waals surface area contributed by atoms with E-state index in [0.717, 1.165) is 11.6 Å². The molecule has 0 spiro atoms. The van der Waals surface area contributed by atoms with E-state index in [1.165, 1.54) is 7.11 Å². The van der Waals surface area contributed by atoms with Gasteiger partial charge in [-0.2, -0.15) is 0 Å². The highest BCUT2D eigenvalue weighted by molar-refractivity contribution is 5.72. The molecule has 5 N–H and O–H groups in total. The van der Waals surface area contributed by atoms with Crippen LogP contribution in [0.1, 0.15) is 11.1 Å². The van der Waals surface area contributed by atoms with Gasteiger partial charge in [0.2, 0.25) is 0 Å². The molecular weight excluding hydrogens is 258 g/mol. The first-order chi connectivity index (χ1) is 8.87. The molecular formula is C12H16F2N2O3. The predicted octanol–water partition coefficient (Wildman–Crippen LogP) is 1.85. The minimum absolute atomic E-state index is 0.250. The van der Waals surface area contributed by atoms with Crippen molar-refractivity contribution in [1.29, 1.82) is 0 Å². The lowest BCUT2D eigenvalue weighted by atomic mass is 10.1. The lowest BCUT2D eigenvalue weighted by Crippen LogP contribution is -2.07. The second-order valence-electron chi connectivity index (χ2n) is 3.52. The Kier molecular flexibility index (Phi) is 6.95. The molecule has 1 aromatic carbocycles. The molecule has 0 atom stereocenters. The van der Waals surface area contributed by atoms with Gasteiger partial charge in [0.25, 0.3) is 12.9 Å². The minimum Gasteiger partial charge on any atom is -0.495 e. The van der Waals surface area contributed by atoms with Crippen LogP contribution in [0, 0.1) is 6.92 Å². The lowest BCUT2D eigenvalue weighted by Gasteiger charge is -2.10. The van der Waals surface area contributed by atoms with Gasteiger partial charge in [-0.05, 0) is 30.7 Å². The number of hydrogen-bond donors (Lipinski definition) is 3. The van der Waals surface area contributed by atoms with E-state index in [4.69, 9.17) is 26.1 Å². The molecule has 1 aromatic rings. The van der Waals surface area contributed by atoms with Gasteiger partial charge in [0.15, 0.2) is 0 Å². The predicted molar refractivity (Wildman–Crippen MR) is 69.0 cm³/mol. The van der Waals surface area contributed by atoms with Crippen molar-refractivity contribution in [3.63, 3.8) is 0 Å². The summed E-state index contributed by atoms with van der Waals surface area (Å²) in [6.45, 7) is 1.57. The second-order valence-corrected chi connectivity index (χ2v) is 3.52. The number of nitrogens with two attached hydrogens (primary N) is 2. The maximum absolute atomic E-state index is 12.3. The van der Waals surface area contributed by atoms with Gasteiger partial charge >= 0.3 is 0 Å². The number of allylic oxidation sites excluding steroid dienone is 1. The second kappa shape index (κ2) is 7.91. The number of methoxy groups -OCH3 is 1. The Labute approximate surface area is 109 Å². The van der Waals surface area contributed by atoms with E-state index in [1.807, 2.05) is 6.92 Å². The number of anilines is 1. The molecule has 106 valence electrons. The fourth-order valence-corrected chi connectivity index (χ4v) is 1.32. The molecule has 0 aromatic heterocycles. The molecule has 0 bridgehead atoms. The highest BCUT2D eigenvalue weighted by atomic mass is 19.3. The molecule has 0 fully saturated rings. The fourth-order valence-electron chi connectivity index (χ4n) is 1.32. The van der Waals surface area contributed by atoms with Crippen LogP contribution in [0.5, 0.6) is 5.75 Å². The Morgan fingerprint density at radius 2 is 2.00 bits per heavy atom. The van der Waals surface area contributed by atoms with Crippen LogP contribution in [-0.4, -0.2) is 25.1 Å². The van der Waals surface area contributed by atoms with Crippen LogP contribution in [0.15, 0.2) is 17.8 Å². The maximum Gasteiger partial charge on any atom is 0.290 e. The van der Waals surface area contributed by atoms with Crippen molar-refractivity contribution < 1.29 is 23.4 Å². The van der Waals surface area contributed by atoms with Gasteiger partial charge < -0.3 is 21.3 Å². The van der Waals surface area contributed by atoms with Crippen molar-refractivity contribution in [2.24, 2.45) is 5.73 Å². The summed E-state index contributed by atoms with van der Waals surface area (Å²) in [7, 11) is 1.47. The summed E-state index contributed by atoms with van der Waals surface area (Å²) in [6, 6.07) is 3.40. The fraction of sp³-hybridized carbons (Fsp3) is 0.250. The normalized spacial score (nSPS) is 10.7. The van der Waals surface area contributed by atoms with Crippen molar-refractivity contribution >= 4 is 18.2 Å². The van der Waals surface area contributed by atoms with Gasteiger partial charge in [-0.1, -0.05) is 0 Å². The van der Waals surface area contributed by atoms with Crippen LogP contribution in [0.3, 0.4) is 0 Å². The van der Waals surface area contributed by atoms with Crippen molar-refractivity contribution in [1.82, 2.24) is 0 Å². The number of carboxylic acid groups (broad SMARTS) is 1. The van der Waals surface area contributed by atoms with Crippen LogP contribution in [-0.2, 0) is 4.79 Å². The van der Waals surface area contributed by atoms with Crippen molar-refractivity contribution in [3.05, 3.63) is 29.0 Å². The van der Waals surface area contributed by atoms with Crippen molar-refractivity contribution in [2.45, 2.75) is 13.3 Å². The Morgan fingerprint density at radius 3 is 2.42 bits per heavy atom. The third-order valence-electron chi connectivity index (χ3n) is 2.11. The molecule has 0 radical (unpaired) electrons. The van der Waals surface area contributed by atoms with Gasteiger partial charge in [0, 0.05) is 5.56 Å². The van der Waals surface area contributed by atoms with E-state index in [0.29, 0.717) is 17.0 Å². The summed E-state index contributed by atoms with van der Waals surface area (Å²) in [5.41, 5.74) is 12.0. The van der Waals surface area contributed by atoms with Gasteiger partial charge in [0.05, 0.1) is 18.5 Å². The number of nitrogen functional groups attached to an aromatic ring is 1. The zero-order valence-corrected chi connectivity index (χ0v) is 10.6. The van der Waals surface area contributed by atoms with Gasteiger partial charge in [-0.15, -0.1) is 0 Å². The summed E-state index contributed by atoms with van der Waals surface area (Å²) in [6.07, 6.45) is -1.53. The molecule has 0 unspecified atom stereocenters. The quantitative estimate of drug-likeness (QED) is 0.577. The van der Waals surface area contributed by atoms with E-state index in [1.54, 1.807) is 12.1 Å². The van der Waals surface area contributed by atoms with Crippen molar-refractivity contribution in [2.75, 3.05) is 12.8 Å². The molecule has 19 heavy (non-hydrogen) atoms. The van der Waals surface area contributed by atoms with Crippen LogP contribution < -0.4 is 16.2 Å². The molecule has 1 rings (SSSR count). The number of rotatable bonds is 3. The number of ether oxygens (including phenoxy) is 1. The SMILES string of the molecule is COc1cc(C)cc(/C=C(\N)C(F)F)c1N.O=CO. The molecule has 0 saturated heterocycles. The van der Waals surface area contributed by atoms with Crippen LogP contribution in [0.2, 0.25) is 0 Å². The number of halogens is 2. The van der Waals surface area contributed by atoms with E-state index in [9.17, 15) is 8.78 Å². The van der Waals surface area contributed by atoms with Gasteiger partial charge in [0.1, 0.15) is 5.75 Å². The zero-order chi connectivity index (χ0) is 15.0. The van der Waals surface area contributed by atoms with Gasteiger partial charge in [-0.25, -0.2) is 8.78 Å². The summed E-state index contributed by atoms with van der Waals surface area (Å²) in [4.78, 5) is 8.36. The van der Waals surface area contributed by atoms with E-state index >= 15 is 0 Å². The van der Waals surface area contributed by atoms with E-state index < -0.39 is 12.1 Å². The summed E-state index contributed by atoms with van der Waals surface area (Å²) < 4.78 is 29.6. The largest absolute Gasteiger partial charge is 0.495 e. The third-order valence-corrected chi connectivity index (χ3v) is 2.11. The first kappa shape index (κ1) is 16.7. The first-order valence-electron chi connectivity index (χ1n) is 5.14. The van der Waals surface area contributed by atoms with E-state index in [2.05, 4.69) is 0 Å². The zero-order valence-electron chi connectivity index (χ0n) is 10.6. The number of carbonyl (C=O) groups is 1. The Bertz CT molecular complexity index is 463. The minimum atomic E-state index is -2.69. The molecule has 5 nitrogen and oxygen atoms in total. The van der Waals surface area contributed by atoms with E-state index in [-0.39, 0.29) is 6.47 Å². The number of alkyl halides is 2. The molecule has 0 heterocycles. The number of aryl methyl sites for hydroxylation is 1. The average molecular weight is 274 g/mol. The Balaban J connectivity index is 0.000000982. The van der Waals surface area contributed by atoms with Crippen molar-refractivity contribution in [3.8, 4) is 5.75 Å². The first-order valence-corrected chi connectivity index (χ1v) is 5.14. The Morgan fingerprint density at radius 1 is 1.47 bits per heavy atom. The van der Waals surface area contributed by atoms with Crippen LogP contribution in [0.4, 0.5) is 14.5 Å². The smallest absolute Gasteiger partial charge is 0.290 e. The number of benzene rings is 1. The molecule has 0 saturated carbocycles. The maximum atomic E-state index is 12.3. The summed E-state index contributed by atoms with van der Waals surface area (Å²) in [5, 5.41) is 6.89. The summed E-state index contributed by atoms with van der Waals surface area (Å²) in [5.74, 6) is 0.452. The summed E-state index contributed by atoms with van der Waals surface area (Å²) >= 11 is 0. The molecule has 0 aliphatic heterocycles. The molecule has 7 heteroatoms. The average Bonchev–Trinajstić information content (AvgIpc) is 2.34.